The summed E-state index contributed by atoms with van der Waals surface area (Å²) in [5.41, 5.74) is 2.23. The van der Waals surface area contributed by atoms with Gasteiger partial charge < -0.3 is 14.4 Å². The number of hydrogen-bond donors (Lipinski definition) is 1. The lowest BCUT2D eigenvalue weighted by Gasteiger charge is -2.22. The van der Waals surface area contributed by atoms with Crippen molar-refractivity contribution in [1.29, 1.82) is 0 Å². The molecule has 3 aromatic rings. The topological polar surface area (TPSA) is 75.3 Å². The van der Waals surface area contributed by atoms with Crippen LogP contribution in [-0.2, 0) is 6.54 Å². The van der Waals surface area contributed by atoms with Crippen LogP contribution < -0.4 is 4.90 Å². The zero-order valence-corrected chi connectivity index (χ0v) is 11.7. The second-order valence-electron chi connectivity index (χ2n) is 4.71. The normalized spacial score (nSPS) is 11.0. The molecule has 0 amide bonds. The van der Waals surface area contributed by atoms with Crippen LogP contribution in [0.1, 0.15) is 11.5 Å². The fraction of sp³-hybridized carbons (Fsp3) is 0.267. The lowest BCUT2D eigenvalue weighted by molar-refractivity contribution is 0.301. The maximum atomic E-state index is 9.32. The molecule has 2 heterocycles. The van der Waals surface area contributed by atoms with Gasteiger partial charge in [-0.2, -0.15) is 4.98 Å². The van der Waals surface area contributed by atoms with Gasteiger partial charge in [-0.3, -0.25) is 0 Å². The van der Waals surface area contributed by atoms with Gasteiger partial charge in [-0.1, -0.05) is 30.3 Å². The summed E-state index contributed by atoms with van der Waals surface area (Å²) in [7, 11) is 0. The van der Waals surface area contributed by atoms with Gasteiger partial charge in [0.1, 0.15) is 6.33 Å². The van der Waals surface area contributed by atoms with Gasteiger partial charge in [0.15, 0.2) is 17.2 Å². The lowest BCUT2D eigenvalue weighted by atomic mass is 10.2. The quantitative estimate of drug-likeness (QED) is 0.771. The van der Waals surface area contributed by atoms with Crippen LogP contribution in [0.2, 0.25) is 0 Å². The Morgan fingerprint density at radius 3 is 2.76 bits per heavy atom. The Morgan fingerprint density at radius 1 is 1.19 bits per heavy atom. The van der Waals surface area contributed by atoms with E-state index in [4.69, 9.17) is 4.42 Å². The van der Waals surface area contributed by atoms with Crippen molar-refractivity contribution in [2.24, 2.45) is 0 Å². The van der Waals surface area contributed by atoms with Gasteiger partial charge in [0.05, 0.1) is 6.61 Å². The Balaban J connectivity index is 1.99. The molecule has 6 heteroatoms. The first-order valence-corrected chi connectivity index (χ1v) is 6.76. The monoisotopic (exact) mass is 284 g/mol. The molecule has 3 rings (SSSR count). The van der Waals surface area contributed by atoms with Gasteiger partial charge in [0, 0.05) is 20.0 Å². The van der Waals surface area contributed by atoms with Crippen LogP contribution in [-0.4, -0.2) is 33.2 Å². The van der Waals surface area contributed by atoms with E-state index >= 15 is 0 Å². The van der Waals surface area contributed by atoms with Crippen molar-refractivity contribution in [2.45, 2.75) is 13.5 Å². The molecule has 6 nitrogen and oxygen atoms in total. The third-order valence-electron chi connectivity index (χ3n) is 3.17. The molecule has 0 unspecified atom stereocenters. The fourth-order valence-corrected chi connectivity index (χ4v) is 2.26. The minimum absolute atomic E-state index is 0.0369. The van der Waals surface area contributed by atoms with Crippen LogP contribution in [0.25, 0.3) is 11.2 Å². The number of fused-ring (bicyclic) bond motifs is 1. The highest BCUT2D eigenvalue weighted by molar-refractivity contribution is 5.81. The van der Waals surface area contributed by atoms with Crippen molar-refractivity contribution >= 4 is 17.0 Å². The Hall–Kier alpha value is -2.47. The molecule has 0 radical (unpaired) electrons. The molecule has 108 valence electrons. The van der Waals surface area contributed by atoms with E-state index in [1.165, 1.54) is 6.33 Å². The molecule has 0 atom stereocenters. The Morgan fingerprint density at radius 2 is 2.00 bits per heavy atom. The number of aryl methyl sites for hydroxylation is 1. The van der Waals surface area contributed by atoms with Crippen molar-refractivity contribution in [1.82, 2.24) is 15.0 Å². The van der Waals surface area contributed by atoms with Gasteiger partial charge in [0.2, 0.25) is 0 Å². The number of rotatable bonds is 5. The molecule has 0 spiro atoms. The van der Waals surface area contributed by atoms with E-state index in [0.29, 0.717) is 36.0 Å². The number of aromatic nitrogens is 3. The van der Waals surface area contributed by atoms with Gasteiger partial charge >= 0.3 is 0 Å². The van der Waals surface area contributed by atoms with Crippen molar-refractivity contribution in [3.8, 4) is 0 Å². The first-order valence-electron chi connectivity index (χ1n) is 6.76. The van der Waals surface area contributed by atoms with Crippen molar-refractivity contribution in [2.75, 3.05) is 18.1 Å². The Kier molecular flexibility index (Phi) is 3.79. The summed E-state index contributed by atoms with van der Waals surface area (Å²) in [6, 6.07) is 10.0. The average Bonchev–Trinajstić information content (AvgIpc) is 2.88. The Labute approximate surface area is 122 Å². The smallest absolute Gasteiger partial charge is 0.252 e. The van der Waals surface area contributed by atoms with E-state index in [1.54, 1.807) is 6.92 Å². The number of oxazole rings is 1. The molecule has 21 heavy (non-hydrogen) atoms. The van der Waals surface area contributed by atoms with Crippen LogP contribution >= 0.6 is 0 Å². The van der Waals surface area contributed by atoms with Gasteiger partial charge in [0.25, 0.3) is 5.71 Å². The van der Waals surface area contributed by atoms with Crippen LogP contribution in [0.5, 0.6) is 0 Å². The van der Waals surface area contributed by atoms with E-state index < -0.39 is 0 Å². The number of nitrogens with zero attached hydrogens (tertiary/aromatic N) is 4. The standard InChI is InChI=1S/C15H16N4O2/c1-11-18-13-14(16-10-17-15(13)21-11)19(7-8-20)9-12-5-3-2-4-6-12/h2-6,10,20H,7-9H2,1H3. The maximum Gasteiger partial charge on any atom is 0.252 e. The maximum absolute atomic E-state index is 9.32. The zero-order valence-electron chi connectivity index (χ0n) is 11.7. The van der Waals surface area contributed by atoms with E-state index in [1.807, 2.05) is 35.2 Å². The summed E-state index contributed by atoms with van der Waals surface area (Å²) in [5.74, 6) is 1.23. The van der Waals surface area contributed by atoms with E-state index in [-0.39, 0.29) is 6.61 Å². The third-order valence-corrected chi connectivity index (χ3v) is 3.17. The zero-order chi connectivity index (χ0) is 14.7. The first kappa shape index (κ1) is 13.5. The van der Waals surface area contributed by atoms with Gasteiger partial charge in [-0.25, -0.2) is 9.97 Å². The van der Waals surface area contributed by atoms with Crippen LogP contribution in [0, 0.1) is 6.92 Å². The predicted molar refractivity (Wildman–Crippen MR) is 78.9 cm³/mol. The first-order chi connectivity index (χ1) is 10.3. The number of aliphatic hydroxyl groups excluding tert-OH is 1. The highest BCUT2D eigenvalue weighted by atomic mass is 16.4. The number of aliphatic hydroxyl groups is 1. The predicted octanol–water partition coefficient (Wildman–Crippen LogP) is 1.93. The molecule has 0 aliphatic carbocycles. The highest BCUT2D eigenvalue weighted by Crippen LogP contribution is 2.24. The van der Waals surface area contributed by atoms with E-state index in [9.17, 15) is 5.11 Å². The van der Waals surface area contributed by atoms with Crippen LogP contribution in [0.3, 0.4) is 0 Å². The molecule has 1 aromatic carbocycles. The summed E-state index contributed by atoms with van der Waals surface area (Å²) >= 11 is 0. The summed E-state index contributed by atoms with van der Waals surface area (Å²) < 4.78 is 5.44. The van der Waals surface area contributed by atoms with Crippen LogP contribution in [0.15, 0.2) is 41.1 Å². The number of hydrogen-bond acceptors (Lipinski definition) is 6. The fourth-order valence-electron chi connectivity index (χ4n) is 2.26. The molecule has 0 saturated heterocycles. The molecule has 1 N–H and O–H groups in total. The average molecular weight is 284 g/mol. The highest BCUT2D eigenvalue weighted by Gasteiger charge is 2.16. The van der Waals surface area contributed by atoms with Gasteiger partial charge in [-0.05, 0) is 5.56 Å². The molecular weight excluding hydrogens is 268 g/mol. The molecule has 2 aromatic heterocycles. The summed E-state index contributed by atoms with van der Waals surface area (Å²) in [6.45, 7) is 2.92. The van der Waals surface area contributed by atoms with E-state index in [0.717, 1.165) is 5.56 Å². The summed E-state index contributed by atoms with van der Waals surface area (Å²) in [5, 5.41) is 9.32. The summed E-state index contributed by atoms with van der Waals surface area (Å²) in [6.07, 6.45) is 1.46. The molecule has 0 aliphatic heterocycles. The largest absolute Gasteiger partial charge is 0.422 e. The molecule has 0 aliphatic rings. The third kappa shape index (κ3) is 2.85. The van der Waals surface area contributed by atoms with Gasteiger partial charge in [-0.15, -0.1) is 0 Å². The Bertz CT molecular complexity index is 727. The van der Waals surface area contributed by atoms with Crippen molar-refractivity contribution in [3.05, 3.63) is 48.1 Å². The minimum atomic E-state index is 0.0369. The molecule has 0 fully saturated rings. The molecule has 0 bridgehead atoms. The minimum Gasteiger partial charge on any atom is -0.422 e. The van der Waals surface area contributed by atoms with Crippen LogP contribution in [0.4, 0.5) is 5.82 Å². The van der Waals surface area contributed by atoms with Crippen molar-refractivity contribution in [3.63, 3.8) is 0 Å². The summed E-state index contributed by atoms with van der Waals surface area (Å²) in [4.78, 5) is 14.7. The van der Waals surface area contributed by atoms with E-state index in [2.05, 4.69) is 15.0 Å². The molecule has 0 saturated carbocycles. The lowest BCUT2D eigenvalue weighted by Crippen LogP contribution is -2.27. The number of benzene rings is 1. The SMILES string of the molecule is Cc1nc2c(N(CCO)Cc3ccccc3)ncnc2o1. The second kappa shape index (κ2) is 5.88. The molecular formula is C15H16N4O2. The van der Waals surface area contributed by atoms with Crippen molar-refractivity contribution < 1.29 is 9.52 Å². The number of anilines is 1. The second-order valence-corrected chi connectivity index (χ2v) is 4.71.